The second kappa shape index (κ2) is 6.51. The van der Waals surface area contributed by atoms with Crippen LogP contribution in [0.4, 0.5) is 0 Å². The number of benzene rings is 1. The van der Waals surface area contributed by atoms with Gasteiger partial charge in [0.25, 0.3) is 0 Å². The Morgan fingerprint density at radius 2 is 2.05 bits per heavy atom. The van der Waals surface area contributed by atoms with Crippen LogP contribution in [0.1, 0.15) is 16.7 Å². The minimum atomic E-state index is 0.280. The normalized spacial score (nSPS) is 22.4. The van der Waals surface area contributed by atoms with Crippen molar-refractivity contribution in [3.63, 3.8) is 0 Å². The van der Waals surface area contributed by atoms with Crippen LogP contribution in [0.15, 0.2) is 18.2 Å². The van der Waals surface area contributed by atoms with Crippen LogP contribution in [0.5, 0.6) is 0 Å². The number of hydrogen-bond acceptors (Lipinski definition) is 3. The molecule has 0 aliphatic carbocycles. The third-order valence-electron chi connectivity index (χ3n) is 4.18. The predicted octanol–water partition coefficient (Wildman–Crippen LogP) is 1.76. The minimum absolute atomic E-state index is 0.280. The highest BCUT2D eigenvalue weighted by molar-refractivity contribution is 5.34. The second-order valence-electron chi connectivity index (χ2n) is 5.64. The van der Waals surface area contributed by atoms with Crippen molar-refractivity contribution in [2.45, 2.75) is 32.4 Å². The Kier molecular flexibility index (Phi) is 4.97. The van der Waals surface area contributed by atoms with E-state index in [-0.39, 0.29) is 6.10 Å². The molecular formula is C16H26N2O. The van der Waals surface area contributed by atoms with Crippen molar-refractivity contribution in [1.29, 1.82) is 0 Å². The molecule has 1 aliphatic rings. The lowest BCUT2D eigenvalue weighted by molar-refractivity contribution is -0.0372. The van der Waals surface area contributed by atoms with E-state index >= 15 is 0 Å². The Bertz CT molecular complexity index is 399. The molecule has 2 rings (SSSR count). The van der Waals surface area contributed by atoms with Gasteiger partial charge in [-0.15, -0.1) is 0 Å². The van der Waals surface area contributed by atoms with Gasteiger partial charge in [-0.2, -0.15) is 0 Å². The monoisotopic (exact) mass is 262 g/mol. The molecule has 1 saturated heterocycles. The van der Waals surface area contributed by atoms with Crippen LogP contribution in [-0.4, -0.2) is 50.8 Å². The summed E-state index contributed by atoms with van der Waals surface area (Å²) in [6.07, 6.45) is 1.32. The van der Waals surface area contributed by atoms with E-state index in [1.54, 1.807) is 0 Å². The summed E-state index contributed by atoms with van der Waals surface area (Å²) in [5.41, 5.74) is 4.22. The molecule has 1 fully saturated rings. The lowest BCUT2D eigenvalue weighted by Crippen LogP contribution is -2.51. The first kappa shape index (κ1) is 14.5. The van der Waals surface area contributed by atoms with Gasteiger partial charge in [-0.1, -0.05) is 18.2 Å². The Hall–Kier alpha value is -0.900. The van der Waals surface area contributed by atoms with Gasteiger partial charge in [0, 0.05) is 19.1 Å². The largest absolute Gasteiger partial charge is 0.374 e. The molecule has 3 nitrogen and oxygen atoms in total. The average molecular weight is 262 g/mol. The minimum Gasteiger partial charge on any atom is -0.374 e. The van der Waals surface area contributed by atoms with Gasteiger partial charge in [-0.25, -0.2) is 0 Å². The smallest absolute Gasteiger partial charge is 0.0858 e. The molecule has 3 heteroatoms. The van der Waals surface area contributed by atoms with Crippen LogP contribution in [0, 0.1) is 13.8 Å². The average Bonchev–Trinajstić information content (AvgIpc) is 2.38. The van der Waals surface area contributed by atoms with Crippen molar-refractivity contribution < 1.29 is 4.74 Å². The third-order valence-corrected chi connectivity index (χ3v) is 4.18. The molecule has 0 radical (unpaired) electrons. The number of likely N-dealkylation sites (N-methyl/N-ethyl adjacent to an activating group) is 2. The van der Waals surface area contributed by atoms with E-state index in [2.05, 4.69) is 49.3 Å². The van der Waals surface area contributed by atoms with E-state index in [4.69, 9.17) is 4.74 Å². The topological polar surface area (TPSA) is 24.5 Å². The number of nitrogens with one attached hydrogen (secondary N) is 1. The maximum absolute atomic E-state index is 5.95. The highest BCUT2D eigenvalue weighted by Crippen LogP contribution is 2.18. The fourth-order valence-electron chi connectivity index (χ4n) is 2.86. The highest BCUT2D eigenvalue weighted by Gasteiger charge is 2.26. The van der Waals surface area contributed by atoms with Gasteiger partial charge in [0.05, 0.1) is 12.7 Å². The molecule has 1 aromatic rings. The lowest BCUT2D eigenvalue weighted by atomic mass is 9.93. The van der Waals surface area contributed by atoms with Gasteiger partial charge in [0.2, 0.25) is 0 Å². The number of morpholine rings is 1. The van der Waals surface area contributed by atoms with Crippen LogP contribution in [-0.2, 0) is 11.2 Å². The standard InChI is InChI=1S/C16H26N2O/c1-12-6-5-7-13(2)14(12)10-15(17-3)16-11-18(4)8-9-19-16/h5-7,15-17H,8-11H2,1-4H3. The van der Waals surface area contributed by atoms with Crippen molar-refractivity contribution in [1.82, 2.24) is 10.2 Å². The third kappa shape index (κ3) is 3.56. The van der Waals surface area contributed by atoms with E-state index in [0.717, 1.165) is 26.1 Å². The number of nitrogens with zero attached hydrogens (tertiary/aromatic N) is 1. The van der Waals surface area contributed by atoms with Gasteiger partial charge in [-0.05, 0) is 51.1 Å². The highest BCUT2D eigenvalue weighted by atomic mass is 16.5. The SMILES string of the molecule is CNC(Cc1c(C)cccc1C)C1CN(C)CCO1. The van der Waals surface area contributed by atoms with E-state index < -0.39 is 0 Å². The zero-order chi connectivity index (χ0) is 13.8. The van der Waals surface area contributed by atoms with Crippen molar-refractivity contribution >= 4 is 0 Å². The van der Waals surface area contributed by atoms with Gasteiger partial charge >= 0.3 is 0 Å². The lowest BCUT2D eigenvalue weighted by Gasteiger charge is -2.35. The molecule has 0 saturated carbocycles. The van der Waals surface area contributed by atoms with Crippen LogP contribution in [0.25, 0.3) is 0 Å². The van der Waals surface area contributed by atoms with Gasteiger partial charge < -0.3 is 15.0 Å². The predicted molar refractivity (Wildman–Crippen MR) is 79.7 cm³/mol. The summed E-state index contributed by atoms with van der Waals surface area (Å²) in [6.45, 7) is 7.28. The Morgan fingerprint density at radius 3 is 2.63 bits per heavy atom. The summed E-state index contributed by atoms with van der Waals surface area (Å²) < 4.78 is 5.95. The molecule has 1 heterocycles. The Labute approximate surface area is 116 Å². The van der Waals surface area contributed by atoms with E-state index in [1.165, 1.54) is 16.7 Å². The molecule has 1 aliphatic heterocycles. The maximum Gasteiger partial charge on any atom is 0.0858 e. The van der Waals surface area contributed by atoms with E-state index in [1.807, 2.05) is 7.05 Å². The van der Waals surface area contributed by atoms with Crippen molar-refractivity contribution in [2.75, 3.05) is 33.8 Å². The van der Waals surface area contributed by atoms with Gasteiger partial charge in [-0.3, -0.25) is 0 Å². The quantitative estimate of drug-likeness (QED) is 0.895. The fraction of sp³-hybridized carbons (Fsp3) is 0.625. The van der Waals surface area contributed by atoms with E-state index in [0.29, 0.717) is 6.04 Å². The number of rotatable bonds is 4. The summed E-state index contributed by atoms with van der Waals surface area (Å²) in [4.78, 5) is 2.35. The van der Waals surface area contributed by atoms with Crippen LogP contribution in [0.2, 0.25) is 0 Å². The van der Waals surface area contributed by atoms with Gasteiger partial charge in [0.15, 0.2) is 0 Å². The molecular weight excluding hydrogens is 236 g/mol. The molecule has 2 unspecified atom stereocenters. The van der Waals surface area contributed by atoms with E-state index in [9.17, 15) is 0 Å². The molecule has 2 atom stereocenters. The second-order valence-corrected chi connectivity index (χ2v) is 5.64. The van der Waals surface area contributed by atoms with Crippen molar-refractivity contribution in [2.24, 2.45) is 0 Å². The zero-order valence-corrected chi connectivity index (χ0v) is 12.6. The number of aryl methyl sites for hydroxylation is 2. The summed E-state index contributed by atoms with van der Waals surface area (Å²) in [5.74, 6) is 0. The molecule has 106 valence electrons. The summed E-state index contributed by atoms with van der Waals surface area (Å²) in [7, 11) is 4.21. The molecule has 1 aromatic carbocycles. The summed E-state index contributed by atoms with van der Waals surface area (Å²) in [5, 5.41) is 3.44. The van der Waals surface area contributed by atoms with Crippen molar-refractivity contribution in [3.8, 4) is 0 Å². The molecule has 0 amide bonds. The Balaban J connectivity index is 2.10. The number of ether oxygens (including phenoxy) is 1. The van der Waals surface area contributed by atoms with Crippen molar-refractivity contribution in [3.05, 3.63) is 34.9 Å². The maximum atomic E-state index is 5.95. The van der Waals surface area contributed by atoms with Crippen LogP contribution in [0.3, 0.4) is 0 Å². The first-order chi connectivity index (χ1) is 9.11. The molecule has 1 N–H and O–H groups in total. The van der Waals surface area contributed by atoms with Gasteiger partial charge in [0.1, 0.15) is 0 Å². The summed E-state index contributed by atoms with van der Waals surface area (Å²) in [6, 6.07) is 6.90. The Morgan fingerprint density at radius 1 is 1.37 bits per heavy atom. The molecule has 0 aromatic heterocycles. The van der Waals surface area contributed by atoms with Crippen LogP contribution >= 0.6 is 0 Å². The zero-order valence-electron chi connectivity index (χ0n) is 12.6. The fourth-order valence-corrected chi connectivity index (χ4v) is 2.86. The number of hydrogen-bond donors (Lipinski definition) is 1. The van der Waals surface area contributed by atoms with Crippen LogP contribution < -0.4 is 5.32 Å². The molecule has 0 bridgehead atoms. The summed E-state index contributed by atoms with van der Waals surface area (Å²) >= 11 is 0. The first-order valence-corrected chi connectivity index (χ1v) is 7.14. The molecule has 19 heavy (non-hydrogen) atoms. The molecule has 0 spiro atoms. The first-order valence-electron chi connectivity index (χ1n) is 7.14.